The second kappa shape index (κ2) is 7.04. The van der Waals surface area contributed by atoms with Crippen molar-refractivity contribution in [1.82, 2.24) is 0 Å². The standard InChI is InChI=1S/C21H19ClF3NO/c1-20(2)16(13-17(22)21(23,24)25)18(20)19(27)26(14-9-5-3-6-10-14)15-11-7-4-8-12-15/h3-13,16,18H,1-2H3/b17-13-/t16-,18-/m1/s1. The van der Waals surface area contributed by atoms with Gasteiger partial charge in [-0.2, -0.15) is 13.2 Å². The molecule has 0 unspecified atom stereocenters. The van der Waals surface area contributed by atoms with Gasteiger partial charge in [0.05, 0.1) is 5.92 Å². The molecule has 2 atom stereocenters. The molecule has 0 aliphatic heterocycles. The van der Waals surface area contributed by atoms with E-state index in [1.54, 1.807) is 43.0 Å². The summed E-state index contributed by atoms with van der Waals surface area (Å²) in [4.78, 5) is 14.9. The molecule has 1 aliphatic carbocycles. The summed E-state index contributed by atoms with van der Waals surface area (Å²) in [6.45, 7) is 3.57. The number of rotatable bonds is 4. The highest BCUT2D eigenvalue weighted by molar-refractivity contribution is 6.30. The number of para-hydroxylation sites is 2. The molecule has 0 N–H and O–H groups in total. The third kappa shape index (κ3) is 3.88. The van der Waals surface area contributed by atoms with Gasteiger partial charge in [0, 0.05) is 11.4 Å². The molecule has 6 heteroatoms. The van der Waals surface area contributed by atoms with Crippen molar-refractivity contribution in [3.05, 3.63) is 71.8 Å². The Morgan fingerprint density at radius 3 is 1.85 bits per heavy atom. The van der Waals surface area contributed by atoms with Crippen LogP contribution in [-0.2, 0) is 4.79 Å². The van der Waals surface area contributed by atoms with Crippen molar-refractivity contribution in [3.63, 3.8) is 0 Å². The Labute approximate surface area is 161 Å². The molecule has 0 spiro atoms. The number of carbonyl (C=O) groups is 1. The Bertz CT molecular complexity index is 807. The first-order valence-corrected chi connectivity index (χ1v) is 8.90. The number of alkyl halides is 3. The lowest BCUT2D eigenvalue weighted by Gasteiger charge is -2.24. The summed E-state index contributed by atoms with van der Waals surface area (Å²) in [6.07, 6.45) is -3.63. The van der Waals surface area contributed by atoms with Gasteiger partial charge in [0.1, 0.15) is 5.03 Å². The molecule has 3 rings (SSSR count). The Hall–Kier alpha value is -2.27. The van der Waals surface area contributed by atoms with E-state index in [0.29, 0.717) is 11.4 Å². The van der Waals surface area contributed by atoms with Gasteiger partial charge in [0.25, 0.3) is 0 Å². The lowest BCUT2D eigenvalue weighted by molar-refractivity contribution is -0.119. The second-order valence-corrected chi connectivity index (χ2v) is 7.59. The van der Waals surface area contributed by atoms with Crippen LogP contribution in [0.5, 0.6) is 0 Å². The van der Waals surface area contributed by atoms with E-state index < -0.39 is 28.5 Å². The predicted molar refractivity (Wildman–Crippen MR) is 101 cm³/mol. The van der Waals surface area contributed by atoms with Crippen molar-refractivity contribution in [2.24, 2.45) is 17.3 Å². The van der Waals surface area contributed by atoms with Gasteiger partial charge in [-0.25, -0.2) is 0 Å². The molecule has 1 saturated carbocycles. The topological polar surface area (TPSA) is 20.3 Å². The van der Waals surface area contributed by atoms with Crippen LogP contribution in [0, 0.1) is 17.3 Å². The predicted octanol–water partition coefficient (Wildman–Crippen LogP) is 6.31. The zero-order chi connectivity index (χ0) is 19.8. The van der Waals surface area contributed by atoms with E-state index in [0.717, 1.165) is 6.08 Å². The minimum atomic E-state index is -4.60. The average molecular weight is 394 g/mol. The Kier molecular flexibility index (Phi) is 5.08. The maximum Gasteiger partial charge on any atom is 0.426 e. The van der Waals surface area contributed by atoms with Gasteiger partial charge < -0.3 is 0 Å². The quantitative estimate of drug-likeness (QED) is 0.596. The first-order valence-electron chi connectivity index (χ1n) is 8.52. The third-order valence-corrected chi connectivity index (χ3v) is 5.36. The first kappa shape index (κ1) is 19.5. The molecule has 27 heavy (non-hydrogen) atoms. The molecule has 1 fully saturated rings. The monoisotopic (exact) mass is 393 g/mol. The first-order chi connectivity index (χ1) is 12.6. The molecular formula is C21H19ClF3NO. The summed E-state index contributed by atoms with van der Waals surface area (Å²) in [5, 5.41) is -1.18. The molecule has 1 amide bonds. The van der Waals surface area contributed by atoms with Crippen LogP contribution in [-0.4, -0.2) is 12.1 Å². The van der Waals surface area contributed by atoms with Gasteiger partial charge in [-0.15, -0.1) is 0 Å². The average Bonchev–Trinajstić information content (AvgIpc) is 3.16. The number of amides is 1. The Morgan fingerprint density at radius 1 is 1.00 bits per heavy atom. The number of halogens is 4. The molecule has 0 aromatic heterocycles. The summed E-state index contributed by atoms with van der Waals surface area (Å²) in [5.41, 5.74) is 0.728. The summed E-state index contributed by atoms with van der Waals surface area (Å²) in [7, 11) is 0. The number of allylic oxidation sites excluding steroid dienone is 2. The summed E-state index contributed by atoms with van der Waals surface area (Å²) in [5.74, 6) is -1.41. The normalized spacial score (nSPS) is 21.6. The van der Waals surface area contributed by atoms with Gasteiger partial charge >= 0.3 is 6.18 Å². The SMILES string of the molecule is CC1(C)[C@H](/C=C(\Cl)C(F)(F)F)[C@@H]1C(=O)N(c1ccccc1)c1ccccc1. The van der Waals surface area contributed by atoms with E-state index in [9.17, 15) is 18.0 Å². The largest absolute Gasteiger partial charge is 0.426 e. The fourth-order valence-electron chi connectivity index (χ4n) is 3.41. The maximum absolute atomic E-state index is 13.3. The number of carbonyl (C=O) groups excluding carboxylic acids is 1. The molecule has 0 bridgehead atoms. The maximum atomic E-state index is 13.3. The molecule has 0 saturated heterocycles. The van der Waals surface area contributed by atoms with Gasteiger partial charge in [0.15, 0.2) is 0 Å². The summed E-state index contributed by atoms with van der Waals surface area (Å²) in [6, 6.07) is 18.1. The van der Waals surface area contributed by atoms with Crippen LogP contribution in [0.15, 0.2) is 71.8 Å². The number of nitrogens with zero attached hydrogens (tertiary/aromatic N) is 1. The van der Waals surface area contributed by atoms with E-state index in [1.165, 1.54) is 0 Å². The van der Waals surface area contributed by atoms with Crippen molar-refractivity contribution in [2.45, 2.75) is 20.0 Å². The van der Waals surface area contributed by atoms with E-state index in [4.69, 9.17) is 11.6 Å². The Morgan fingerprint density at radius 2 is 1.44 bits per heavy atom. The Balaban J connectivity index is 1.96. The van der Waals surface area contributed by atoms with E-state index in [2.05, 4.69) is 0 Å². The number of hydrogen-bond donors (Lipinski definition) is 0. The lowest BCUT2D eigenvalue weighted by atomic mass is 10.1. The summed E-state index contributed by atoms with van der Waals surface area (Å²) >= 11 is 5.41. The number of hydrogen-bond acceptors (Lipinski definition) is 1. The fourth-order valence-corrected chi connectivity index (χ4v) is 3.55. The zero-order valence-electron chi connectivity index (χ0n) is 14.9. The van der Waals surface area contributed by atoms with E-state index in [1.807, 2.05) is 36.4 Å². The molecule has 2 nitrogen and oxygen atoms in total. The molecule has 2 aromatic rings. The summed E-state index contributed by atoms with van der Waals surface area (Å²) < 4.78 is 38.4. The second-order valence-electron chi connectivity index (χ2n) is 7.18. The zero-order valence-corrected chi connectivity index (χ0v) is 15.6. The van der Waals surface area contributed by atoms with Gasteiger partial charge in [0.2, 0.25) is 5.91 Å². The van der Waals surface area contributed by atoms with Gasteiger partial charge in [-0.05, 0) is 35.6 Å². The molecule has 0 radical (unpaired) electrons. The van der Waals surface area contributed by atoms with Crippen LogP contribution < -0.4 is 4.90 Å². The van der Waals surface area contributed by atoms with Crippen molar-refractivity contribution >= 4 is 28.9 Å². The van der Waals surface area contributed by atoms with Crippen LogP contribution in [0.3, 0.4) is 0 Å². The van der Waals surface area contributed by atoms with Crippen molar-refractivity contribution in [3.8, 4) is 0 Å². The minimum Gasteiger partial charge on any atom is -0.281 e. The highest BCUT2D eigenvalue weighted by Crippen LogP contribution is 2.61. The van der Waals surface area contributed by atoms with Gasteiger partial charge in [-0.1, -0.05) is 67.9 Å². The van der Waals surface area contributed by atoms with Crippen LogP contribution in [0.1, 0.15) is 13.8 Å². The van der Waals surface area contributed by atoms with Crippen LogP contribution in [0.4, 0.5) is 24.5 Å². The molecule has 0 heterocycles. The minimum absolute atomic E-state index is 0.245. The number of anilines is 2. The van der Waals surface area contributed by atoms with E-state index >= 15 is 0 Å². The third-order valence-electron chi connectivity index (χ3n) is 5.02. The molecule has 142 valence electrons. The van der Waals surface area contributed by atoms with Gasteiger partial charge in [-0.3, -0.25) is 9.69 Å². The molecule has 2 aromatic carbocycles. The highest BCUT2D eigenvalue weighted by atomic mass is 35.5. The number of benzene rings is 2. The van der Waals surface area contributed by atoms with Crippen LogP contribution >= 0.6 is 11.6 Å². The van der Waals surface area contributed by atoms with Crippen molar-refractivity contribution in [1.29, 1.82) is 0 Å². The fraction of sp³-hybridized carbons (Fsp3) is 0.286. The molecular weight excluding hydrogens is 375 g/mol. The van der Waals surface area contributed by atoms with E-state index in [-0.39, 0.29) is 5.91 Å². The lowest BCUT2D eigenvalue weighted by Crippen LogP contribution is -2.29. The molecule has 1 aliphatic rings. The van der Waals surface area contributed by atoms with Crippen molar-refractivity contribution < 1.29 is 18.0 Å². The highest BCUT2D eigenvalue weighted by Gasteiger charge is 2.62. The van der Waals surface area contributed by atoms with Crippen LogP contribution in [0.25, 0.3) is 0 Å². The van der Waals surface area contributed by atoms with Crippen molar-refractivity contribution in [2.75, 3.05) is 4.90 Å². The smallest absolute Gasteiger partial charge is 0.281 e. The van der Waals surface area contributed by atoms with Crippen LogP contribution in [0.2, 0.25) is 0 Å².